The van der Waals surface area contributed by atoms with Gasteiger partial charge in [0.15, 0.2) is 5.96 Å². The summed E-state index contributed by atoms with van der Waals surface area (Å²) in [5, 5.41) is 9.24. The minimum Gasteiger partial charge on any atom is -0.355 e. The predicted octanol–water partition coefficient (Wildman–Crippen LogP) is 1.56. The summed E-state index contributed by atoms with van der Waals surface area (Å²) in [6.45, 7) is 10.7. The molecule has 0 aromatic heterocycles. The van der Waals surface area contributed by atoms with Crippen LogP contribution in [-0.2, 0) is 4.79 Å². The van der Waals surface area contributed by atoms with Gasteiger partial charge in [-0.1, -0.05) is 13.3 Å². The normalized spacial score (nSPS) is 16.4. The van der Waals surface area contributed by atoms with Gasteiger partial charge in [-0.05, 0) is 46.2 Å². The molecular formula is C16H34IN5O. The van der Waals surface area contributed by atoms with Gasteiger partial charge in [0.05, 0.1) is 6.54 Å². The fourth-order valence-electron chi connectivity index (χ4n) is 2.62. The third-order valence-corrected chi connectivity index (χ3v) is 4.11. The van der Waals surface area contributed by atoms with E-state index in [1.807, 2.05) is 6.92 Å². The van der Waals surface area contributed by atoms with Crippen molar-refractivity contribution >= 4 is 35.8 Å². The predicted molar refractivity (Wildman–Crippen MR) is 108 cm³/mol. The van der Waals surface area contributed by atoms with E-state index < -0.39 is 0 Å². The summed E-state index contributed by atoms with van der Waals surface area (Å²) >= 11 is 0. The Morgan fingerprint density at radius 3 is 2.35 bits per heavy atom. The van der Waals surface area contributed by atoms with Crippen LogP contribution in [0.5, 0.6) is 0 Å². The minimum absolute atomic E-state index is 0. The van der Waals surface area contributed by atoms with Crippen molar-refractivity contribution in [1.82, 2.24) is 20.9 Å². The second-order valence-electron chi connectivity index (χ2n) is 6.49. The van der Waals surface area contributed by atoms with Crippen LogP contribution in [0.15, 0.2) is 4.99 Å². The van der Waals surface area contributed by atoms with Crippen LogP contribution < -0.4 is 16.0 Å². The number of guanidine groups is 1. The summed E-state index contributed by atoms with van der Waals surface area (Å²) in [5.74, 6) is 0.678. The lowest BCUT2D eigenvalue weighted by Gasteiger charge is -2.41. The van der Waals surface area contributed by atoms with E-state index in [9.17, 15) is 4.79 Å². The lowest BCUT2D eigenvalue weighted by molar-refractivity contribution is -0.120. The minimum atomic E-state index is 0. The average molecular weight is 439 g/mol. The number of hydrogen-bond acceptors (Lipinski definition) is 3. The van der Waals surface area contributed by atoms with Gasteiger partial charge < -0.3 is 16.0 Å². The number of amides is 1. The Balaban J connectivity index is 0.00000484. The largest absolute Gasteiger partial charge is 0.355 e. The van der Waals surface area contributed by atoms with E-state index in [4.69, 9.17) is 0 Å². The Bertz CT molecular complexity index is 367. The van der Waals surface area contributed by atoms with Crippen LogP contribution >= 0.6 is 24.0 Å². The third kappa shape index (κ3) is 8.74. The Hall–Kier alpha value is -0.570. The number of hydrogen-bond donors (Lipinski definition) is 3. The maximum atomic E-state index is 11.6. The Morgan fingerprint density at radius 1 is 1.13 bits per heavy atom. The highest BCUT2D eigenvalue weighted by molar-refractivity contribution is 14.0. The highest BCUT2D eigenvalue weighted by atomic mass is 127. The van der Waals surface area contributed by atoms with E-state index in [0.29, 0.717) is 12.5 Å². The molecule has 0 bridgehead atoms. The molecule has 6 nitrogen and oxygen atoms in total. The first-order valence-corrected chi connectivity index (χ1v) is 8.46. The molecular weight excluding hydrogens is 405 g/mol. The third-order valence-electron chi connectivity index (χ3n) is 4.11. The summed E-state index contributed by atoms with van der Waals surface area (Å²) in [4.78, 5) is 18.3. The fraction of sp³-hybridized carbons (Fsp3) is 0.875. The van der Waals surface area contributed by atoms with E-state index in [1.54, 1.807) is 7.05 Å². The molecule has 0 aliphatic carbocycles. The first-order chi connectivity index (χ1) is 10.5. The number of halogens is 1. The molecule has 0 aromatic carbocycles. The molecule has 0 radical (unpaired) electrons. The Morgan fingerprint density at radius 2 is 1.78 bits per heavy atom. The maximum absolute atomic E-state index is 11.6. The van der Waals surface area contributed by atoms with Crippen LogP contribution in [-0.4, -0.2) is 62.1 Å². The number of nitrogens with zero attached hydrogens (tertiary/aromatic N) is 2. The second-order valence-corrected chi connectivity index (χ2v) is 6.49. The van der Waals surface area contributed by atoms with Crippen molar-refractivity contribution in [1.29, 1.82) is 0 Å². The number of likely N-dealkylation sites (tertiary alicyclic amines) is 1. The van der Waals surface area contributed by atoms with Gasteiger partial charge in [-0.15, -0.1) is 24.0 Å². The lowest BCUT2D eigenvalue weighted by atomic mass is 9.98. The number of piperidine rings is 1. The number of carbonyl (C=O) groups is 1. The molecule has 1 heterocycles. The van der Waals surface area contributed by atoms with E-state index in [-0.39, 0.29) is 42.0 Å². The van der Waals surface area contributed by atoms with Crippen LogP contribution in [0.2, 0.25) is 0 Å². The van der Waals surface area contributed by atoms with Crippen molar-refractivity contribution < 1.29 is 4.79 Å². The van der Waals surface area contributed by atoms with Crippen LogP contribution in [0.4, 0.5) is 0 Å². The molecule has 0 spiro atoms. The molecule has 136 valence electrons. The van der Waals surface area contributed by atoms with Crippen molar-refractivity contribution in [2.75, 3.05) is 39.8 Å². The molecule has 3 N–H and O–H groups in total. The molecule has 1 aliphatic rings. The molecule has 1 fully saturated rings. The summed E-state index contributed by atoms with van der Waals surface area (Å²) in [7, 11) is 1.73. The highest BCUT2D eigenvalue weighted by Crippen LogP contribution is 2.19. The van der Waals surface area contributed by atoms with Gasteiger partial charge in [-0.2, -0.15) is 0 Å². The molecule has 1 aliphatic heterocycles. The number of nitrogens with one attached hydrogen (secondary N) is 3. The van der Waals surface area contributed by atoms with Gasteiger partial charge in [0.2, 0.25) is 5.91 Å². The molecule has 23 heavy (non-hydrogen) atoms. The SMILES string of the molecule is CCCNC(=O)CNC(=NC)NCC(C)(C)N1CCCCC1.I. The summed E-state index contributed by atoms with van der Waals surface area (Å²) in [5.41, 5.74) is 0.0858. The first-order valence-electron chi connectivity index (χ1n) is 8.46. The van der Waals surface area contributed by atoms with Crippen molar-refractivity contribution in [2.24, 2.45) is 4.99 Å². The molecule has 1 saturated heterocycles. The molecule has 0 unspecified atom stereocenters. The maximum Gasteiger partial charge on any atom is 0.239 e. The summed E-state index contributed by atoms with van der Waals surface area (Å²) in [6, 6.07) is 0. The van der Waals surface area contributed by atoms with Crippen molar-refractivity contribution in [3.05, 3.63) is 0 Å². The molecule has 7 heteroatoms. The quantitative estimate of drug-likeness (QED) is 0.320. The molecule has 0 atom stereocenters. The summed E-state index contributed by atoms with van der Waals surface area (Å²) in [6.07, 6.45) is 4.86. The van der Waals surface area contributed by atoms with Gasteiger partial charge in [-0.25, -0.2) is 0 Å². The van der Waals surface area contributed by atoms with Gasteiger partial charge in [0, 0.05) is 25.7 Å². The standard InChI is InChI=1S/C16H33N5O.HI/c1-5-9-18-14(22)12-19-15(17-4)20-13-16(2,3)21-10-7-6-8-11-21;/h5-13H2,1-4H3,(H,18,22)(H2,17,19,20);1H. The van der Waals surface area contributed by atoms with E-state index >= 15 is 0 Å². The van der Waals surface area contributed by atoms with Crippen LogP contribution in [0.3, 0.4) is 0 Å². The van der Waals surface area contributed by atoms with Crippen LogP contribution in [0.1, 0.15) is 46.5 Å². The zero-order chi connectivity index (χ0) is 16.4. The van der Waals surface area contributed by atoms with E-state index in [2.05, 4.69) is 39.7 Å². The van der Waals surface area contributed by atoms with Crippen molar-refractivity contribution in [3.63, 3.8) is 0 Å². The molecule has 0 aromatic rings. The van der Waals surface area contributed by atoms with Gasteiger partial charge in [0.25, 0.3) is 0 Å². The zero-order valence-electron chi connectivity index (χ0n) is 15.1. The average Bonchev–Trinajstić information content (AvgIpc) is 2.53. The number of rotatable bonds is 7. The van der Waals surface area contributed by atoms with Crippen LogP contribution in [0, 0.1) is 0 Å². The number of carbonyl (C=O) groups excluding carboxylic acids is 1. The monoisotopic (exact) mass is 439 g/mol. The molecule has 1 amide bonds. The van der Waals surface area contributed by atoms with Crippen LogP contribution in [0.25, 0.3) is 0 Å². The highest BCUT2D eigenvalue weighted by Gasteiger charge is 2.27. The van der Waals surface area contributed by atoms with Crippen molar-refractivity contribution in [2.45, 2.75) is 52.0 Å². The van der Waals surface area contributed by atoms with Gasteiger partial charge in [-0.3, -0.25) is 14.7 Å². The molecule has 0 saturated carbocycles. The topological polar surface area (TPSA) is 68.8 Å². The second kappa shape index (κ2) is 11.9. The number of aliphatic imine (C=N–C) groups is 1. The fourth-order valence-corrected chi connectivity index (χ4v) is 2.62. The Kier molecular flexibility index (Phi) is 11.6. The van der Waals surface area contributed by atoms with Gasteiger partial charge in [0.1, 0.15) is 0 Å². The molecule has 1 rings (SSSR count). The van der Waals surface area contributed by atoms with Gasteiger partial charge >= 0.3 is 0 Å². The summed E-state index contributed by atoms with van der Waals surface area (Å²) < 4.78 is 0. The Labute approximate surface area is 158 Å². The lowest BCUT2D eigenvalue weighted by Crippen LogP contribution is -2.55. The van der Waals surface area contributed by atoms with Crippen molar-refractivity contribution in [3.8, 4) is 0 Å². The van der Waals surface area contributed by atoms with E-state index in [0.717, 1.165) is 13.0 Å². The zero-order valence-corrected chi connectivity index (χ0v) is 17.4. The first kappa shape index (κ1) is 22.4. The van der Waals surface area contributed by atoms with E-state index in [1.165, 1.54) is 32.4 Å². The smallest absolute Gasteiger partial charge is 0.239 e.